The van der Waals surface area contributed by atoms with Crippen molar-refractivity contribution >= 4 is 27.3 Å². The van der Waals surface area contributed by atoms with E-state index in [1.807, 2.05) is 0 Å². The van der Waals surface area contributed by atoms with Crippen molar-refractivity contribution in [2.75, 3.05) is 7.05 Å². The second-order valence-corrected chi connectivity index (χ2v) is 6.80. The molecule has 2 aliphatic rings. The number of hydrogen-bond acceptors (Lipinski definition) is 5. The Morgan fingerprint density at radius 1 is 1.31 bits per heavy atom. The van der Waals surface area contributed by atoms with Crippen LogP contribution in [0, 0.1) is 0 Å². The number of nitrogens with zero attached hydrogens (tertiary/aromatic N) is 3. The van der Waals surface area contributed by atoms with Crippen molar-refractivity contribution in [3.05, 3.63) is 3.92 Å². The van der Waals surface area contributed by atoms with Crippen LogP contribution in [0.4, 0.5) is 0 Å². The number of rotatable bonds is 2. The molecule has 3 heterocycles. The van der Waals surface area contributed by atoms with Gasteiger partial charge in [0.2, 0.25) is 0 Å². The first-order valence-electron chi connectivity index (χ1n) is 5.60. The minimum atomic E-state index is 0.327. The second-order valence-electron chi connectivity index (χ2n) is 4.58. The summed E-state index contributed by atoms with van der Waals surface area (Å²) in [5, 5.41) is 8.58. The Labute approximate surface area is 107 Å². The lowest BCUT2D eigenvalue weighted by molar-refractivity contribution is 0.0655. The molecule has 0 radical (unpaired) electrons. The van der Waals surface area contributed by atoms with Crippen LogP contribution in [0.15, 0.2) is 3.92 Å². The van der Waals surface area contributed by atoms with E-state index >= 15 is 0 Å². The highest BCUT2D eigenvalue weighted by Gasteiger charge is 2.39. The molecular formula is C10H14BrN3OS. The van der Waals surface area contributed by atoms with E-state index in [0.29, 0.717) is 23.4 Å². The molecule has 2 saturated heterocycles. The lowest BCUT2D eigenvalue weighted by atomic mass is 10.0. The quantitative estimate of drug-likeness (QED) is 0.840. The third-order valence-corrected chi connectivity index (χ3v) is 4.95. The van der Waals surface area contributed by atoms with Gasteiger partial charge in [0.1, 0.15) is 6.10 Å². The summed E-state index contributed by atoms with van der Waals surface area (Å²) in [7, 11) is 2.24. The summed E-state index contributed by atoms with van der Waals surface area (Å²) in [6.07, 6.45) is 5.23. The highest BCUT2D eigenvalue weighted by atomic mass is 79.9. The molecule has 2 bridgehead atoms. The van der Waals surface area contributed by atoms with E-state index < -0.39 is 0 Å². The van der Waals surface area contributed by atoms with E-state index in [4.69, 9.17) is 4.74 Å². The van der Waals surface area contributed by atoms with Gasteiger partial charge in [0, 0.05) is 12.1 Å². The zero-order valence-corrected chi connectivity index (χ0v) is 11.5. The predicted octanol–water partition coefficient (Wildman–Crippen LogP) is 2.30. The molecule has 4 nitrogen and oxygen atoms in total. The minimum absolute atomic E-state index is 0.327. The molecule has 1 aromatic heterocycles. The summed E-state index contributed by atoms with van der Waals surface area (Å²) in [5.41, 5.74) is 0. The Morgan fingerprint density at radius 2 is 2.00 bits per heavy atom. The zero-order valence-electron chi connectivity index (χ0n) is 9.10. The van der Waals surface area contributed by atoms with Crippen molar-refractivity contribution in [1.29, 1.82) is 0 Å². The molecule has 16 heavy (non-hydrogen) atoms. The molecule has 0 saturated carbocycles. The average molecular weight is 304 g/mol. The van der Waals surface area contributed by atoms with Crippen molar-refractivity contribution < 1.29 is 4.74 Å². The van der Waals surface area contributed by atoms with Gasteiger partial charge in [-0.05, 0) is 60.0 Å². The maximum absolute atomic E-state index is 5.89. The molecule has 0 aromatic carbocycles. The highest BCUT2D eigenvalue weighted by Crippen LogP contribution is 2.36. The molecule has 1 aromatic rings. The predicted molar refractivity (Wildman–Crippen MR) is 65.8 cm³/mol. The van der Waals surface area contributed by atoms with Crippen molar-refractivity contribution in [3.63, 3.8) is 0 Å². The molecule has 0 N–H and O–H groups in total. The van der Waals surface area contributed by atoms with Gasteiger partial charge in [0.25, 0.3) is 5.19 Å². The van der Waals surface area contributed by atoms with E-state index in [-0.39, 0.29) is 0 Å². The Hall–Kier alpha value is -0.200. The maximum Gasteiger partial charge on any atom is 0.295 e. The smallest absolute Gasteiger partial charge is 0.295 e. The van der Waals surface area contributed by atoms with Gasteiger partial charge in [-0.25, -0.2) is 0 Å². The normalized spacial score (nSPS) is 34.2. The molecular weight excluding hydrogens is 290 g/mol. The largest absolute Gasteiger partial charge is 0.465 e. The van der Waals surface area contributed by atoms with Gasteiger partial charge in [-0.3, -0.25) is 0 Å². The molecule has 2 aliphatic heterocycles. The third kappa shape index (κ3) is 1.98. The summed E-state index contributed by atoms with van der Waals surface area (Å²) in [4.78, 5) is 2.51. The van der Waals surface area contributed by atoms with Gasteiger partial charge >= 0.3 is 0 Å². The molecule has 0 spiro atoms. The van der Waals surface area contributed by atoms with Crippen molar-refractivity contribution in [1.82, 2.24) is 15.1 Å². The average Bonchev–Trinajstić information content (AvgIpc) is 2.72. The van der Waals surface area contributed by atoms with Crippen LogP contribution >= 0.6 is 27.3 Å². The summed E-state index contributed by atoms with van der Waals surface area (Å²) in [6, 6.07) is 1.42. The van der Waals surface area contributed by atoms with Crippen molar-refractivity contribution in [3.8, 4) is 5.19 Å². The second kappa shape index (κ2) is 4.23. The fourth-order valence-corrected chi connectivity index (χ4v) is 3.83. The minimum Gasteiger partial charge on any atom is -0.465 e. The van der Waals surface area contributed by atoms with Crippen LogP contribution in [0.5, 0.6) is 5.19 Å². The number of aromatic nitrogens is 2. The van der Waals surface area contributed by atoms with Gasteiger partial charge in [0.15, 0.2) is 3.92 Å². The van der Waals surface area contributed by atoms with Crippen LogP contribution in [0.25, 0.3) is 0 Å². The van der Waals surface area contributed by atoms with Crippen LogP contribution in [-0.2, 0) is 0 Å². The van der Waals surface area contributed by atoms with E-state index in [1.54, 1.807) is 0 Å². The summed E-state index contributed by atoms with van der Waals surface area (Å²) in [6.45, 7) is 0. The molecule has 2 fully saturated rings. The Morgan fingerprint density at radius 3 is 2.56 bits per heavy atom. The standard InChI is InChI=1S/C10H14BrN3OS/c1-14-6-2-3-7(14)5-8(4-6)15-10-13-12-9(11)16-10/h6-8H,2-5H2,1H3. The Kier molecular flexibility index (Phi) is 2.89. The number of ether oxygens (including phenoxy) is 1. The van der Waals surface area contributed by atoms with E-state index in [0.717, 1.165) is 16.8 Å². The molecule has 0 amide bonds. The number of piperidine rings is 1. The van der Waals surface area contributed by atoms with Crippen LogP contribution in [0.2, 0.25) is 0 Å². The molecule has 2 atom stereocenters. The van der Waals surface area contributed by atoms with E-state index in [9.17, 15) is 0 Å². The van der Waals surface area contributed by atoms with Gasteiger partial charge in [0.05, 0.1) is 0 Å². The summed E-state index contributed by atoms with van der Waals surface area (Å²) in [5.74, 6) is 0. The highest BCUT2D eigenvalue weighted by molar-refractivity contribution is 9.11. The fraction of sp³-hybridized carbons (Fsp3) is 0.800. The zero-order chi connectivity index (χ0) is 11.1. The fourth-order valence-electron chi connectivity index (χ4n) is 2.84. The molecule has 2 unspecified atom stereocenters. The monoisotopic (exact) mass is 303 g/mol. The molecule has 0 aliphatic carbocycles. The van der Waals surface area contributed by atoms with Gasteiger partial charge < -0.3 is 9.64 Å². The van der Waals surface area contributed by atoms with Crippen LogP contribution in [-0.4, -0.2) is 40.3 Å². The summed E-state index contributed by atoms with van der Waals surface area (Å²) >= 11 is 4.76. The first-order valence-corrected chi connectivity index (χ1v) is 7.21. The Balaban J connectivity index is 1.65. The van der Waals surface area contributed by atoms with Crippen LogP contribution in [0.3, 0.4) is 0 Å². The summed E-state index contributed by atoms with van der Waals surface area (Å²) < 4.78 is 6.68. The van der Waals surface area contributed by atoms with E-state index in [2.05, 4.69) is 38.1 Å². The van der Waals surface area contributed by atoms with Crippen molar-refractivity contribution in [2.24, 2.45) is 0 Å². The van der Waals surface area contributed by atoms with Crippen LogP contribution in [0.1, 0.15) is 25.7 Å². The van der Waals surface area contributed by atoms with E-state index in [1.165, 1.54) is 24.2 Å². The van der Waals surface area contributed by atoms with Gasteiger partial charge in [-0.2, -0.15) is 0 Å². The van der Waals surface area contributed by atoms with Gasteiger partial charge in [-0.1, -0.05) is 5.10 Å². The molecule has 6 heteroatoms. The molecule has 3 rings (SSSR count). The number of halogens is 1. The first kappa shape index (κ1) is 10.9. The van der Waals surface area contributed by atoms with Gasteiger partial charge in [-0.15, -0.1) is 5.10 Å². The number of hydrogen-bond donors (Lipinski definition) is 0. The van der Waals surface area contributed by atoms with Crippen LogP contribution < -0.4 is 4.74 Å². The van der Waals surface area contributed by atoms with Crippen molar-refractivity contribution in [2.45, 2.75) is 43.9 Å². The maximum atomic E-state index is 5.89. The lowest BCUT2D eigenvalue weighted by Gasteiger charge is -2.35. The third-order valence-electron chi connectivity index (χ3n) is 3.70. The first-order chi connectivity index (χ1) is 7.72. The lowest BCUT2D eigenvalue weighted by Crippen LogP contribution is -2.43. The SMILES string of the molecule is CN1C2CCC1CC(Oc1nnc(Br)s1)C2. The topological polar surface area (TPSA) is 38.2 Å². The number of fused-ring (bicyclic) bond motifs is 2. The molecule has 88 valence electrons. The Bertz CT molecular complexity index is 372.